The number of ether oxygens (including phenoxy) is 2. The van der Waals surface area contributed by atoms with Crippen LogP contribution in [0.5, 0.6) is 17.2 Å². The van der Waals surface area contributed by atoms with Gasteiger partial charge in [0.25, 0.3) is 0 Å². The minimum atomic E-state index is -4.05. The third kappa shape index (κ3) is 5.95. The van der Waals surface area contributed by atoms with Gasteiger partial charge in [0, 0.05) is 17.2 Å². The summed E-state index contributed by atoms with van der Waals surface area (Å²) < 4.78 is 63.7. The highest BCUT2D eigenvalue weighted by Gasteiger charge is 2.30. The second-order valence-corrected chi connectivity index (χ2v) is 9.54. The Morgan fingerprint density at radius 3 is 2.38 bits per heavy atom. The Bertz CT molecular complexity index is 1320. The van der Waals surface area contributed by atoms with Gasteiger partial charge in [-0.15, -0.1) is 0 Å². The Labute approximate surface area is 200 Å². The van der Waals surface area contributed by atoms with Crippen LogP contribution in [0.4, 0.5) is 20.2 Å². The van der Waals surface area contributed by atoms with E-state index in [1.54, 1.807) is 30.3 Å². The van der Waals surface area contributed by atoms with Gasteiger partial charge in [0.05, 0.1) is 24.7 Å². The molecule has 7 nitrogen and oxygen atoms in total. The molecule has 0 aliphatic carbocycles. The van der Waals surface area contributed by atoms with Crippen molar-refractivity contribution in [1.29, 1.82) is 0 Å². The molecule has 1 N–H and O–H groups in total. The average molecular weight is 511 g/mol. The van der Waals surface area contributed by atoms with E-state index in [0.29, 0.717) is 26.9 Å². The SMILES string of the molecule is COc1cccc(Oc2ccc(Cl)cc2NC(=O)[C@@H](C)N(c2ccc(F)c(F)c2)S(C)(=O)=O)c1. The van der Waals surface area contributed by atoms with E-state index >= 15 is 0 Å². The number of benzene rings is 3. The van der Waals surface area contributed by atoms with Gasteiger partial charge in [0.2, 0.25) is 15.9 Å². The first-order chi connectivity index (χ1) is 16.0. The standard InChI is InChI=1S/C23H21ClF2N2O5S/c1-14(28(34(3,30)31)16-8-9-19(25)20(26)12-16)23(29)27-21-11-15(24)7-10-22(21)33-18-6-4-5-17(13-18)32-2/h4-14H,1-3H3,(H,27,29)/t14-/m1/s1. The zero-order valence-electron chi connectivity index (χ0n) is 18.4. The summed E-state index contributed by atoms with van der Waals surface area (Å²) in [6.45, 7) is 1.31. The van der Waals surface area contributed by atoms with Gasteiger partial charge in [-0.2, -0.15) is 0 Å². The quantitative estimate of drug-likeness (QED) is 0.449. The Kier molecular flexibility index (Phi) is 7.63. The summed E-state index contributed by atoms with van der Waals surface area (Å²) in [5, 5.41) is 2.89. The molecule has 3 rings (SSSR count). The Balaban J connectivity index is 1.91. The molecule has 0 spiro atoms. The Hall–Kier alpha value is -3.37. The van der Waals surface area contributed by atoms with E-state index in [2.05, 4.69) is 5.32 Å². The highest BCUT2D eigenvalue weighted by atomic mass is 35.5. The van der Waals surface area contributed by atoms with Gasteiger partial charge in [0.1, 0.15) is 17.5 Å². The predicted octanol–water partition coefficient (Wildman–Crippen LogP) is 5.21. The van der Waals surface area contributed by atoms with Crippen LogP contribution in [0.1, 0.15) is 6.92 Å². The first-order valence-electron chi connectivity index (χ1n) is 9.86. The lowest BCUT2D eigenvalue weighted by atomic mass is 10.2. The molecule has 0 aliphatic heterocycles. The van der Waals surface area contributed by atoms with E-state index in [4.69, 9.17) is 21.1 Å². The lowest BCUT2D eigenvalue weighted by Gasteiger charge is -2.28. The maximum Gasteiger partial charge on any atom is 0.248 e. The summed E-state index contributed by atoms with van der Waals surface area (Å²) in [7, 11) is -2.54. The average Bonchev–Trinajstić information content (AvgIpc) is 2.77. The molecule has 0 radical (unpaired) electrons. The maximum atomic E-state index is 13.8. The molecule has 0 saturated heterocycles. The fourth-order valence-electron chi connectivity index (χ4n) is 3.15. The van der Waals surface area contributed by atoms with Gasteiger partial charge >= 0.3 is 0 Å². The molecule has 0 saturated carbocycles. The number of amides is 1. The highest BCUT2D eigenvalue weighted by Crippen LogP contribution is 2.34. The number of rotatable bonds is 8. The molecular weight excluding hydrogens is 490 g/mol. The van der Waals surface area contributed by atoms with Crippen molar-refractivity contribution in [1.82, 2.24) is 0 Å². The van der Waals surface area contributed by atoms with Crippen LogP contribution in [0.2, 0.25) is 5.02 Å². The van der Waals surface area contributed by atoms with E-state index in [9.17, 15) is 22.0 Å². The Morgan fingerprint density at radius 1 is 1.03 bits per heavy atom. The second-order valence-electron chi connectivity index (χ2n) is 7.24. The molecule has 0 bridgehead atoms. The molecule has 180 valence electrons. The van der Waals surface area contributed by atoms with Gasteiger partial charge < -0.3 is 14.8 Å². The topological polar surface area (TPSA) is 84.9 Å². The molecule has 0 heterocycles. The number of nitrogens with zero attached hydrogens (tertiary/aromatic N) is 1. The molecule has 3 aromatic rings. The molecule has 0 aliphatic rings. The summed E-state index contributed by atoms with van der Waals surface area (Å²) in [5.74, 6) is -1.94. The third-order valence-electron chi connectivity index (χ3n) is 4.71. The van der Waals surface area contributed by atoms with Gasteiger partial charge in [-0.1, -0.05) is 17.7 Å². The molecular formula is C23H21ClF2N2O5S. The molecule has 0 aromatic heterocycles. The summed E-state index contributed by atoms with van der Waals surface area (Å²) in [6, 6.07) is 12.5. The number of carbonyl (C=O) groups excluding carboxylic acids is 1. The van der Waals surface area contributed by atoms with Crippen LogP contribution in [0, 0.1) is 11.6 Å². The minimum Gasteiger partial charge on any atom is -0.497 e. The van der Waals surface area contributed by atoms with Crippen molar-refractivity contribution < 1.29 is 31.5 Å². The summed E-state index contributed by atoms with van der Waals surface area (Å²) in [6.07, 6.45) is 0.856. The molecule has 0 fully saturated rings. The van der Waals surface area contributed by atoms with Crippen LogP contribution in [-0.2, 0) is 14.8 Å². The van der Waals surface area contributed by atoms with Gasteiger partial charge in [-0.3, -0.25) is 9.10 Å². The normalized spacial score (nSPS) is 12.1. The van der Waals surface area contributed by atoms with E-state index < -0.39 is 33.6 Å². The van der Waals surface area contributed by atoms with Gasteiger partial charge in [0.15, 0.2) is 17.4 Å². The van der Waals surface area contributed by atoms with Crippen LogP contribution in [0.15, 0.2) is 60.7 Å². The summed E-state index contributed by atoms with van der Waals surface area (Å²) in [4.78, 5) is 13.0. The first-order valence-corrected chi connectivity index (χ1v) is 12.1. The largest absolute Gasteiger partial charge is 0.497 e. The monoisotopic (exact) mass is 510 g/mol. The van der Waals surface area contributed by atoms with Crippen LogP contribution >= 0.6 is 11.6 Å². The van der Waals surface area contributed by atoms with Crippen LogP contribution < -0.4 is 19.1 Å². The number of methoxy groups -OCH3 is 1. The zero-order chi connectivity index (χ0) is 25.0. The molecule has 0 unspecified atom stereocenters. The first kappa shape index (κ1) is 25.3. The van der Waals surface area contributed by atoms with Crippen LogP contribution in [0.25, 0.3) is 0 Å². The highest BCUT2D eigenvalue weighted by molar-refractivity contribution is 7.92. The number of sulfonamides is 1. The van der Waals surface area contributed by atoms with E-state index in [0.717, 1.165) is 18.4 Å². The third-order valence-corrected chi connectivity index (χ3v) is 6.19. The molecule has 11 heteroatoms. The number of nitrogens with one attached hydrogen (secondary N) is 1. The van der Waals surface area contributed by atoms with E-state index in [1.165, 1.54) is 26.2 Å². The van der Waals surface area contributed by atoms with Crippen molar-refractivity contribution in [3.8, 4) is 17.2 Å². The fraction of sp³-hybridized carbons (Fsp3) is 0.174. The number of hydrogen-bond acceptors (Lipinski definition) is 5. The number of carbonyl (C=O) groups is 1. The van der Waals surface area contributed by atoms with Gasteiger partial charge in [-0.05, 0) is 49.4 Å². The molecule has 1 atom stereocenters. The van der Waals surface area contributed by atoms with Crippen molar-refractivity contribution in [2.75, 3.05) is 23.0 Å². The summed E-state index contributed by atoms with van der Waals surface area (Å²) >= 11 is 6.08. The van der Waals surface area contributed by atoms with Crippen LogP contribution in [0.3, 0.4) is 0 Å². The van der Waals surface area contributed by atoms with Gasteiger partial charge in [-0.25, -0.2) is 17.2 Å². The molecule has 3 aromatic carbocycles. The smallest absolute Gasteiger partial charge is 0.248 e. The number of hydrogen-bond donors (Lipinski definition) is 1. The van der Waals surface area contributed by atoms with Crippen molar-refractivity contribution in [2.45, 2.75) is 13.0 Å². The van der Waals surface area contributed by atoms with E-state index in [1.807, 2.05) is 0 Å². The second kappa shape index (κ2) is 10.3. The maximum absolute atomic E-state index is 13.8. The molecule has 34 heavy (non-hydrogen) atoms. The zero-order valence-corrected chi connectivity index (χ0v) is 20.0. The molecule has 1 amide bonds. The predicted molar refractivity (Wildman–Crippen MR) is 126 cm³/mol. The number of halogens is 3. The van der Waals surface area contributed by atoms with Crippen molar-refractivity contribution in [3.63, 3.8) is 0 Å². The lowest BCUT2D eigenvalue weighted by Crippen LogP contribution is -2.45. The van der Waals surface area contributed by atoms with Crippen molar-refractivity contribution >= 4 is 38.9 Å². The number of anilines is 2. The van der Waals surface area contributed by atoms with Crippen molar-refractivity contribution in [2.24, 2.45) is 0 Å². The Morgan fingerprint density at radius 2 is 1.74 bits per heavy atom. The van der Waals surface area contributed by atoms with Crippen LogP contribution in [-0.4, -0.2) is 33.7 Å². The fourth-order valence-corrected chi connectivity index (χ4v) is 4.49. The van der Waals surface area contributed by atoms with Crippen molar-refractivity contribution in [3.05, 3.63) is 77.3 Å². The lowest BCUT2D eigenvalue weighted by molar-refractivity contribution is -0.116. The minimum absolute atomic E-state index is 0.172. The summed E-state index contributed by atoms with van der Waals surface area (Å²) in [5.41, 5.74) is -0.0334. The van der Waals surface area contributed by atoms with E-state index in [-0.39, 0.29) is 17.1 Å².